The van der Waals surface area contributed by atoms with Crippen molar-refractivity contribution in [3.8, 4) is 29.1 Å². The summed E-state index contributed by atoms with van der Waals surface area (Å²) in [7, 11) is 2.02. The van der Waals surface area contributed by atoms with Gasteiger partial charge in [0.25, 0.3) is 0 Å². The van der Waals surface area contributed by atoms with Crippen LogP contribution < -0.4 is 20.5 Å². The van der Waals surface area contributed by atoms with Gasteiger partial charge in [-0.15, -0.1) is 0 Å². The van der Waals surface area contributed by atoms with E-state index in [-0.39, 0.29) is 92.9 Å². The Morgan fingerprint density at radius 1 is 1.15 bits per heavy atom. The van der Waals surface area contributed by atoms with Crippen LogP contribution in [-0.2, 0) is 17.6 Å². The number of amides is 1. The molecule has 209 valence electrons. The Kier molecular flexibility index (Phi) is 7.82. The zero-order valence-corrected chi connectivity index (χ0v) is 28.2. The summed E-state index contributed by atoms with van der Waals surface area (Å²) in [5.41, 5.74) is 11.7. The van der Waals surface area contributed by atoms with Gasteiger partial charge in [-0.1, -0.05) is 6.07 Å². The molecule has 2 aromatic carbocycles. The fourth-order valence-electron chi connectivity index (χ4n) is 7.27. The average Bonchev–Trinajstić information content (AvgIpc) is 3.39. The van der Waals surface area contributed by atoms with Gasteiger partial charge in [0, 0.05) is 84.9 Å². The van der Waals surface area contributed by atoms with Crippen LogP contribution >= 0.6 is 0 Å². The summed E-state index contributed by atoms with van der Waals surface area (Å²) < 4.78 is 11.7. The first kappa shape index (κ1) is 29.4. The number of fused-ring (bicyclic) bond motifs is 9. The van der Waals surface area contributed by atoms with Crippen molar-refractivity contribution < 1.29 is 68.5 Å². The van der Waals surface area contributed by atoms with Crippen LogP contribution in [0.3, 0.4) is 0 Å². The Balaban J connectivity index is 0.00000323. The zero-order chi connectivity index (χ0) is 27.9. The van der Waals surface area contributed by atoms with Crippen LogP contribution in [0.5, 0.6) is 23.0 Å². The number of hydrogen-bond acceptors (Lipinski definition) is 9. The zero-order valence-electron chi connectivity index (χ0n) is 23.5. The number of benzene rings is 2. The summed E-state index contributed by atoms with van der Waals surface area (Å²) in [6.45, 7) is 7.55. The molecule has 0 aromatic heterocycles. The van der Waals surface area contributed by atoms with Gasteiger partial charge in [0.15, 0.2) is 11.5 Å². The molecule has 0 spiro atoms. The number of aromatic hydroxyl groups is 2. The smallest absolute Gasteiger partial charge is 0.236 e. The van der Waals surface area contributed by atoms with Crippen molar-refractivity contribution >= 4 is 5.91 Å². The van der Waals surface area contributed by atoms with E-state index in [9.17, 15) is 20.3 Å². The van der Waals surface area contributed by atoms with Crippen molar-refractivity contribution in [1.29, 1.82) is 5.26 Å². The van der Waals surface area contributed by atoms with Gasteiger partial charge in [-0.2, -0.15) is 5.26 Å². The molecule has 0 aliphatic carbocycles. The van der Waals surface area contributed by atoms with E-state index in [1.165, 1.54) is 0 Å². The number of ether oxygens (including phenoxy) is 2. The Morgan fingerprint density at radius 3 is 2.52 bits per heavy atom. The van der Waals surface area contributed by atoms with Gasteiger partial charge >= 0.3 is 0 Å². The number of nitrogens with one attached hydrogen (secondary N) is 1. The van der Waals surface area contributed by atoms with Gasteiger partial charge < -0.3 is 30.7 Å². The van der Waals surface area contributed by atoms with E-state index in [1.807, 2.05) is 20.9 Å². The molecule has 10 nitrogen and oxygen atoms in total. The Labute approximate surface area is 270 Å². The maximum atomic E-state index is 12.6. The first-order valence-electron chi connectivity index (χ1n) is 13.4. The number of rotatable bonds is 3. The minimum absolute atomic E-state index is 0. The standard InChI is InChI=1S/C29H35N5O5.Ac/c1-12-6-16-7-18-20(9-30)34-19(24(33(18)5)22(16)26(36)13(12)2)8-17-23(21(34)10-32-29(37)15(4)31)28-27(38-11-39-28)14(3)25(17)35;/h6,15,18-21,24,35-36H,7-8,10-11,31H2,1-5H3,(H,32,37);/t15-,18-,19?,20-,21-,24?;/m0./s1. The van der Waals surface area contributed by atoms with Gasteiger partial charge in [0.2, 0.25) is 12.7 Å². The summed E-state index contributed by atoms with van der Waals surface area (Å²) in [6.07, 6.45) is 1.04. The number of phenolic OH excluding ortho intramolecular Hbond substituents is 2. The fourth-order valence-corrected chi connectivity index (χ4v) is 7.27. The van der Waals surface area contributed by atoms with Gasteiger partial charge in [0.1, 0.15) is 17.5 Å². The molecule has 2 aromatic rings. The number of nitrogens with zero attached hydrogens (tertiary/aromatic N) is 3. The number of carbonyl (C=O) groups is 1. The van der Waals surface area contributed by atoms with Crippen molar-refractivity contribution in [3.05, 3.63) is 45.0 Å². The molecule has 2 bridgehead atoms. The third-order valence-electron chi connectivity index (χ3n) is 9.34. The van der Waals surface area contributed by atoms with Crippen molar-refractivity contribution in [2.45, 2.75) is 76.8 Å². The second-order valence-electron chi connectivity index (χ2n) is 11.4. The summed E-state index contributed by atoms with van der Waals surface area (Å²) in [6, 6.07) is 2.38. The minimum Gasteiger partial charge on any atom is -0.507 e. The van der Waals surface area contributed by atoms with Crippen molar-refractivity contribution in [3.63, 3.8) is 0 Å². The molecule has 6 atom stereocenters. The molecule has 4 heterocycles. The van der Waals surface area contributed by atoms with E-state index >= 15 is 0 Å². The molecule has 2 unspecified atom stereocenters. The number of nitriles is 1. The molecule has 0 saturated carbocycles. The SMILES string of the molecule is Cc1cc2c(c(O)c1C)C1C3Cc4c(O)c(C)c5c(c4[C@H](CNC(=O)[C@H](C)N)N3[C@@H](C#N)[C@H](C2)N1C)OCO5.[Ac]. The van der Waals surface area contributed by atoms with Crippen LogP contribution in [0, 0.1) is 76.2 Å². The van der Waals surface area contributed by atoms with E-state index in [2.05, 4.69) is 27.3 Å². The van der Waals surface area contributed by atoms with E-state index in [0.717, 1.165) is 33.4 Å². The fraction of sp³-hybridized carbons (Fsp3) is 0.517. The minimum atomic E-state index is -0.700. The molecule has 4 aliphatic heterocycles. The van der Waals surface area contributed by atoms with Crippen LogP contribution in [-0.4, -0.2) is 70.5 Å². The second-order valence-corrected chi connectivity index (χ2v) is 11.4. The molecule has 1 saturated heterocycles. The van der Waals surface area contributed by atoms with E-state index in [1.54, 1.807) is 13.8 Å². The number of likely N-dealkylation sites (N-methyl/N-ethyl adjacent to an activating group) is 1. The summed E-state index contributed by atoms with van der Waals surface area (Å²) in [5, 5.41) is 36.4. The normalized spacial score (nSPS) is 27.0. The van der Waals surface area contributed by atoms with Crippen LogP contribution in [0.4, 0.5) is 0 Å². The van der Waals surface area contributed by atoms with Gasteiger partial charge in [-0.3, -0.25) is 14.6 Å². The van der Waals surface area contributed by atoms with Crippen LogP contribution in [0.15, 0.2) is 6.07 Å². The van der Waals surface area contributed by atoms with E-state index in [4.69, 9.17) is 15.2 Å². The monoisotopic (exact) mass is 760 g/mol. The Bertz CT molecular complexity index is 1440. The first-order valence-corrected chi connectivity index (χ1v) is 13.4. The van der Waals surface area contributed by atoms with Crippen LogP contribution in [0.2, 0.25) is 0 Å². The summed E-state index contributed by atoms with van der Waals surface area (Å²) in [5.74, 6) is 1.16. The number of carbonyl (C=O) groups excluding carboxylic acids is 1. The number of aryl methyl sites for hydroxylation is 1. The molecule has 1 radical (unpaired) electrons. The van der Waals surface area contributed by atoms with Gasteiger partial charge in [-0.25, -0.2) is 0 Å². The maximum absolute atomic E-state index is 12.6. The van der Waals surface area contributed by atoms with E-state index in [0.29, 0.717) is 29.9 Å². The summed E-state index contributed by atoms with van der Waals surface area (Å²) in [4.78, 5) is 17.0. The molecule has 1 fully saturated rings. The Morgan fingerprint density at radius 2 is 1.85 bits per heavy atom. The molecule has 11 heteroatoms. The molecule has 4 aliphatic rings. The molecule has 1 amide bonds. The second kappa shape index (κ2) is 10.6. The average molecular weight is 761 g/mol. The molecule has 6 rings (SSSR count). The molecule has 40 heavy (non-hydrogen) atoms. The quantitative estimate of drug-likeness (QED) is 0.370. The largest absolute Gasteiger partial charge is 0.507 e. The third-order valence-corrected chi connectivity index (χ3v) is 9.34. The number of nitrogens with two attached hydrogens (primary N) is 1. The maximum Gasteiger partial charge on any atom is 0.236 e. The number of phenols is 2. The van der Waals surface area contributed by atoms with Crippen molar-refractivity contribution in [2.24, 2.45) is 5.73 Å². The Hall–Kier alpha value is -2.08. The topological polar surface area (TPSA) is 144 Å². The van der Waals surface area contributed by atoms with Crippen molar-refractivity contribution in [2.75, 3.05) is 20.4 Å². The summed E-state index contributed by atoms with van der Waals surface area (Å²) >= 11 is 0. The molecular weight excluding hydrogens is 725 g/mol. The van der Waals surface area contributed by atoms with Gasteiger partial charge in [-0.05, 0) is 64.3 Å². The first-order chi connectivity index (χ1) is 18.6. The number of piperazine rings is 1. The number of hydrogen-bond donors (Lipinski definition) is 4. The van der Waals surface area contributed by atoms with E-state index < -0.39 is 18.1 Å². The molecular formula is C29H35AcN5O5. The predicted octanol–water partition coefficient (Wildman–Crippen LogP) is 1.99. The van der Waals surface area contributed by atoms with Crippen molar-refractivity contribution in [1.82, 2.24) is 15.1 Å². The van der Waals surface area contributed by atoms with Crippen LogP contribution in [0.25, 0.3) is 0 Å². The predicted molar refractivity (Wildman–Crippen MR) is 143 cm³/mol. The molecule has 5 N–H and O–H groups in total. The van der Waals surface area contributed by atoms with Crippen LogP contribution in [0.1, 0.15) is 58.0 Å². The third kappa shape index (κ3) is 4.14. The van der Waals surface area contributed by atoms with Gasteiger partial charge in [0.05, 0.1) is 24.2 Å².